The first kappa shape index (κ1) is 13.6. The highest BCUT2D eigenvalue weighted by Crippen LogP contribution is 2.24. The van der Waals surface area contributed by atoms with Crippen LogP contribution in [0.5, 0.6) is 0 Å². The van der Waals surface area contributed by atoms with Gasteiger partial charge in [0.05, 0.1) is 5.69 Å². The van der Waals surface area contributed by atoms with Crippen molar-refractivity contribution in [1.82, 2.24) is 0 Å². The van der Waals surface area contributed by atoms with Gasteiger partial charge in [-0.1, -0.05) is 5.16 Å². The third-order valence-electron chi connectivity index (χ3n) is 3.47. The van der Waals surface area contributed by atoms with Crippen molar-refractivity contribution >= 4 is 11.5 Å². The minimum atomic E-state index is -0.377. The highest BCUT2D eigenvalue weighted by atomic mass is 19.1. The predicted molar refractivity (Wildman–Crippen MR) is 71.2 cm³/mol. The lowest BCUT2D eigenvalue weighted by Crippen LogP contribution is -2.37. The van der Waals surface area contributed by atoms with Gasteiger partial charge in [-0.2, -0.15) is 0 Å². The Bertz CT molecular complexity index is 473. The zero-order valence-corrected chi connectivity index (χ0v) is 10.8. The van der Waals surface area contributed by atoms with Crippen LogP contribution in [0.25, 0.3) is 0 Å². The topological polar surface area (TPSA) is 71.1 Å². The smallest absolute Gasteiger partial charge is 0.170 e. The van der Waals surface area contributed by atoms with Crippen LogP contribution in [0.2, 0.25) is 0 Å². The van der Waals surface area contributed by atoms with E-state index < -0.39 is 0 Å². The third kappa shape index (κ3) is 2.96. The van der Waals surface area contributed by atoms with Crippen LogP contribution < -0.4 is 10.6 Å². The predicted octanol–water partition coefficient (Wildman–Crippen LogP) is 1.54. The van der Waals surface area contributed by atoms with Crippen LogP contribution in [-0.4, -0.2) is 37.3 Å². The van der Waals surface area contributed by atoms with E-state index in [2.05, 4.69) is 5.16 Å². The summed E-state index contributed by atoms with van der Waals surface area (Å²) in [6, 6.07) is 4.85. The first-order valence-electron chi connectivity index (χ1n) is 6.21. The maximum Gasteiger partial charge on any atom is 0.170 e. The molecule has 0 bridgehead atoms. The van der Waals surface area contributed by atoms with Crippen LogP contribution in [0.4, 0.5) is 10.1 Å². The van der Waals surface area contributed by atoms with E-state index in [1.165, 1.54) is 6.07 Å². The van der Waals surface area contributed by atoms with Crippen molar-refractivity contribution in [2.24, 2.45) is 10.9 Å². The lowest BCUT2D eigenvalue weighted by atomic mass is 10.1. The van der Waals surface area contributed by atoms with Crippen LogP contribution in [0.3, 0.4) is 0 Å². The molecule has 2 rings (SSSR count). The number of halogens is 1. The van der Waals surface area contributed by atoms with Gasteiger partial charge in [-0.15, -0.1) is 0 Å². The monoisotopic (exact) mass is 267 g/mol. The molecular formula is C13H18FN3O2. The summed E-state index contributed by atoms with van der Waals surface area (Å²) in [7, 11) is 1.87. The number of benzene rings is 1. The summed E-state index contributed by atoms with van der Waals surface area (Å²) < 4.78 is 19.4. The maximum absolute atomic E-state index is 14.1. The van der Waals surface area contributed by atoms with Crippen molar-refractivity contribution in [2.75, 3.05) is 25.2 Å². The normalized spacial score (nSPS) is 17.5. The Labute approximate surface area is 111 Å². The molecule has 1 aromatic carbocycles. The minimum Gasteiger partial charge on any atom is -0.409 e. The fourth-order valence-corrected chi connectivity index (χ4v) is 2.28. The number of nitrogens with two attached hydrogens (primary N) is 1. The first-order valence-corrected chi connectivity index (χ1v) is 6.21. The molecule has 0 atom stereocenters. The first-order chi connectivity index (χ1) is 9.13. The second-order valence-electron chi connectivity index (χ2n) is 4.61. The molecule has 1 saturated heterocycles. The van der Waals surface area contributed by atoms with Crippen molar-refractivity contribution in [2.45, 2.75) is 18.9 Å². The molecule has 0 saturated carbocycles. The van der Waals surface area contributed by atoms with Crippen LogP contribution in [0.1, 0.15) is 18.4 Å². The van der Waals surface area contributed by atoms with Gasteiger partial charge in [-0.05, 0) is 31.0 Å². The molecule has 6 heteroatoms. The number of nitrogens with zero attached hydrogens (tertiary/aromatic N) is 2. The number of ether oxygens (including phenoxy) is 1. The average Bonchev–Trinajstić information content (AvgIpc) is 2.46. The Hall–Kier alpha value is -1.82. The van der Waals surface area contributed by atoms with Gasteiger partial charge in [0.25, 0.3) is 0 Å². The maximum atomic E-state index is 14.1. The Morgan fingerprint density at radius 3 is 2.74 bits per heavy atom. The van der Waals surface area contributed by atoms with Gasteiger partial charge in [-0.25, -0.2) is 4.39 Å². The van der Waals surface area contributed by atoms with Crippen LogP contribution in [0.15, 0.2) is 23.4 Å². The van der Waals surface area contributed by atoms with Crippen LogP contribution >= 0.6 is 0 Å². The van der Waals surface area contributed by atoms with Crippen molar-refractivity contribution in [3.8, 4) is 0 Å². The Balaban J connectivity index is 2.20. The quantitative estimate of drug-likeness (QED) is 0.377. The highest BCUT2D eigenvalue weighted by Gasteiger charge is 2.21. The van der Waals surface area contributed by atoms with Crippen molar-refractivity contribution < 1.29 is 14.3 Å². The molecule has 1 aliphatic rings. The Morgan fingerprint density at radius 1 is 1.47 bits per heavy atom. The molecule has 0 aliphatic carbocycles. The van der Waals surface area contributed by atoms with Gasteiger partial charge in [0.2, 0.25) is 0 Å². The van der Waals surface area contributed by atoms with E-state index in [-0.39, 0.29) is 17.7 Å². The molecule has 5 nitrogen and oxygen atoms in total. The van der Waals surface area contributed by atoms with E-state index >= 15 is 0 Å². The second kappa shape index (κ2) is 5.88. The fourth-order valence-electron chi connectivity index (χ4n) is 2.28. The molecule has 1 fully saturated rings. The number of anilines is 1. The van der Waals surface area contributed by atoms with Gasteiger partial charge in [0.15, 0.2) is 5.84 Å². The minimum absolute atomic E-state index is 0.0980. The summed E-state index contributed by atoms with van der Waals surface area (Å²) in [6.07, 6.45) is 1.77. The molecule has 1 heterocycles. The van der Waals surface area contributed by atoms with Gasteiger partial charge < -0.3 is 20.6 Å². The molecule has 104 valence electrons. The lowest BCUT2D eigenvalue weighted by Gasteiger charge is -2.33. The largest absolute Gasteiger partial charge is 0.409 e. The zero-order chi connectivity index (χ0) is 13.8. The molecule has 0 radical (unpaired) electrons. The Kier molecular flexibility index (Phi) is 4.21. The van der Waals surface area contributed by atoms with Gasteiger partial charge in [0, 0.05) is 31.9 Å². The van der Waals surface area contributed by atoms with E-state index in [0.29, 0.717) is 24.5 Å². The van der Waals surface area contributed by atoms with Gasteiger partial charge in [-0.3, -0.25) is 0 Å². The van der Waals surface area contributed by atoms with Crippen molar-refractivity contribution in [3.05, 3.63) is 29.6 Å². The number of rotatable bonds is 3. The second-order valence-corrected chi connectivity index (χ2v) is 4.61. The molecule has 1 aromatic rings. The molecule has 0 aromatic heterocycles. The lowest BCUT2D eigenvalue weighted by molar-refractivity contribution is 0.0853. The molecule has 1 aliphatic heterocycles. The third-order valence-corrected chi connectivity index (χ3v) is 3.47. The van der Waals surface area contributed by atoms with Crippen LogP contribution in [-0.2, 0) is 4.74 Å². The van der Waals surface area contributed by atoms with E-state index in [9.17, 15) is 4.39 Å². The summed E-state index contributed by atoms with van der Waals surface area (Å²) in [5.74, 6) is -0.475. The van der Waals surface area contributed by atoms with E-state index in [4.69, 9.17) is 15.7 Å². The fraction of sp³-hybridized carbons (Fsp3) is 0.462. The summed E-state index contributed by atoms with van der Waals surface area (Å²) in [5.41, 5.74) is 6.32. The SMILES string of the molecule is CN(c1ccc(/C(N)=N/O)cc1F)C1CCOCC1. The van der Waals surface area contributed by atoms with E-state index in [0.717, 1.165) is 12.8 Å². The zero-order valence-electron chi connectivity index (χ0n) is 10.8. The van der Waals surface area contributed by atoms with Gasteiger partial charge in [0.1, 0.15) is 5.82 Å². The number of amidine groups is 1. The van der Waals surface area contributed by atoms with Crippen molar-refractivity contribution in [3.63, 3.8) is 0 Å². The van der Waals surface area contributed by atoms with E-state index in [1.807, 2.05) is 11.9 Å². The molecule has 19 heavy (non-hydrogen) atoms. The summed E-state index contributed by atoms with van der Waals surface area (Å²) in [5, 5.41) is 11.4. The molecule has 0 spiro atoms. The highest BCUT2D eigenvalue weighted by molar-refractivity contribution is 5.97. The summed E-state index contributed by atoms with van der Waals surface area (Å²) >= 11 is 0. The number of oxime groups is 1. The van der Waals surface area contributed by atoms with Crippen molar-refractivity contribution in [1.29, 1.82) is 0 Å². The molecular weight excluding hydrogens is 249 g/mol. The van der Waals surface area contributed by atoms with E-state index in [1.54, 1.807) is 12.1 Å². The number of hydrogen-bond acceptors (Lipinski definition) is 4. The Morgan fingerprint density at radius 2 is 2.16 bits per heavy atom. The van der Waals surface area contributed by atoms with Gasteiger partial charge >= 0.3 is 0 Å². The van der Waals surface area contributed by atoms with Crippen LogP contribution in [0, 0.1) is 5.82 Å². The standard InChI is InChI=1S/C13H18FN3O2/c1-17(10-4-6-19-7-5-10)12-3-2-9(8-11(12)14)13(15)16-18/h2-3,8,10,18H,4-7H2,1H3,(H2,15,16). The molecule has 3 N–H and O–H groups in total. The number of hydrogen-bond donors (Lipinski definition) is 2. The summed E-state index contributed by atoms with van der Waals surface area (Å²) in [6.45, 7) is 1.41. The summed E-state index contributed by atoms with van der Waals surface area (Å²) in [4.78, 5) is 1.92. The average molecular weight is 267 g/mol. The molecule has 0 unspecified atom stereocenters. The molecule has 0 amide bonds.